The molecule has 1 aromatic carbocycles. The summed E-state index contributed by atoms with van der Waals surface area (Å²) in [5, 5.41) is 0. The van der Waals surface area contributed by atoms with E-state index in [0.717, 1.165) is 29.9 Å². The number of nitrogens with two attached hydrogens (primary N) is 1. The average molecular weight is 287 g/mol. The molecule has 0 aliphatic carbocycles. The summed E-state index contributed by atoms with van der Waals surface area (Å²) >= 11 is 3.39. The average Bonchev–Trinajstić information content (AvgIpc) is 2.23. The Morgan fingerprint density at radius 3 is 2.50 bits per heavy atom. The van der Waals surface area contributed by atoms with Crippen LogP contribution in [0.1, 0.15) is 13.8 Å². The maximum atomic E-state index is 5.72. The summed E-state index contributed by atoms with van der Waals surface area (Å²) in [7, 11) is 0. The van der Waals surface area contributed by atoms with Crippen molar-refractivity contribution in [2.24, 2.45) is 0 Å². The van der Waals surface area contributed by atoms with Crippen LogP contribution in [0.25, 0.3) is 0 Å². The van der Waals surface area contributed by atoms with E-state index in [1.165, 1.54) is 0 Å². The summed E-state index contributed by atoms with van der Waals surface area (Å²) in [5.41, 5.74) is 6.44. The molecule has 90 valence electrons. The highest BCUT2D eigenvalue weighted by Crippen LogP contribution is 2.22. The van der Waals surface area contributed by atoms with E-state index in [-0.39, 0.29) is 0 Å². The normalized spacial score (nSPS) is 10.8. The lowest BCUT2D eigenvalue weighted by molar-refractivity contribution is 0.223. The second-order valence-corrected chi connectivity index (χ2v) is 4.51. The SMILES string of the molecule is CCN(CC)CCOc1cc(N)cc(Br)c1. The molecule has 0 fully saturated rings. The molecule has 0 saturated heterocycles. The number of hydrogen-bond donors (Lipinski definition) is 1. The molecule has 0 unspecified atom stereocenters. The van der Waals surface area contributed by atoms with Crippen LogP contribution in [0.15, 0.2) is 22.7 Å². The van der Waals surface area contributed by atoms with Gasteiger partial charge in [-0.1, -0.05) is 29.8 Å². The number of benzene rings is 1. The van der Waals surface area contributed by atoms with Crippen molar-refractivity contribution in [1.29, 1.82) is 0 Å². The lowest BCUT2D eigenvalue weighted by Crippen LogP contribution is -2.27. The fourth-order valence-electron chi connectivity index (χ4n) is 1.50. The second kappa shape index (κ2) is 6.76. The molecule has 0 spiro atoms. The van der Waals surface area contributed by atoms with E-state index in [1.54, 1.807) is 0 Å². The Morgan fingerprint density at radius 2 is 1.94 bits per heavy atom. The van der Waals surface area contributed by atoms with Crippen LogP contribution in [0.2, 0.25) is 0 Å². The molecule has 3 nitrogen and oxygen atoms in total. The zero-order chi connectivity index (χ0) is 12.0. The predicted molar refractivity (Wildman–Crippen MR) is 71.8 cm³/mol. The monoisotopic (exact) mass is 286 g/mol. The van der Waals surface area contributed by atoms with Crippen LogP contribution >= 0.6 is 15.9 Å². The van der Waals surface area contributed by atoms with Crippen molar-refractivity contribution in [2.45, 2.75) is 13.8 Å². The van der Waals surface area contributed by atoms with Gasteiger partial charge in [-0.05, 0) is 25.2 Å². The molecule has 4 heteroatoms. The summed E-state index contributed by atoms with van der Waals surface area (Å²) in [6, 6.07) is 5.63. The van der Waals surface area contributed by atoms with Crippen LogP contribution in [-0.2, 0) is 0 Å². The van der Waals surface area contributed by atoms with Crippen LogP contribution < -0.4 is 10.5 Å². The van der Waals surface area contributed by atoms with E-state index in [9.17, 15) is 0 Å². The minimum absolute atomic E-state index is 0.692. The van der Waals surface area contributed by atoms with E-state index in [1.807, 2.05) is 18.2 Å². The van der Waals surface area contributed by atoms with Crippen molar-refractivity contribution < 1.29 is 4.74 Å². The highest BCUT2D eigenvalue weighted by molar-refractivity contribution is 9.10. The molecule has 0 radical (unpaired) electrons. The first-order valence-electron chi connectivity index (χ1n) is 5.57. The van der Waals surface area contributed by atoms with Crippen LogP contribution in [0.5, 0.6) is 5.75 Å². The zero-order valence-corrected chi connectivity index (χ0v) is 11.5. The fraction of sp³-hybridized carbons (Fsp3) is 0.500. The van der Waals surface area contributed by atoms with E-state index in [4.69, 9.17) is 10.5 Å². The van der Waals surface area contributed by atoms with Gasteiger partial charge in [-0.3, -0.25) is 0 Å². The molecule has 1 rings (SSSR count). The molecule has 0 aliphatic heterocycles. The number of ether oxygens (including phenoxy) is 1. The largest absolute Gasteiger partial charge is 0.492 e. The van der Waals surface area contributed by atoms with Crippen LogP contribution in [0.3, 0.4) is 0 Å². The first-order chi connectivity index (χ1) is 7.65. The quantitative estimate of drug-likeness (QED) is 0.818. The third-order valence-corrected chi connectivity index (χ3v) is 2.92. The van der Waals surface area contributed by atoms with Crippen molar-refractivity contribution >= 4 is 21.6 Å². The Morgan fingerprint density at radius 1 is 1.25 bits per heavy atom. The molecule has 0 aromatic heterocycles. The molecule has 0 saturated carbocycles. The Bertz CT molecular complexity index is 307. The Labute approximate surface area is 106 Å². The van der Waals surface area contributed by atoms with Gasteiger partial charge in [0.25, 0.3) is 0 Å². The smallest absolute Gasteiger partial charge is 0.122 e. The van der Waals surface area contributed by atoms with Crippen molar-refractivity contribution in [3.63, 3.8) is 0 Å². The summed E-state index contributed by atoms with van der Waals surface area (Å²) < 4.78 is 6.60. The van der Waals surface area contributed by atoms with E-state index < -0.39 is 0 Å². The topological polar surface area (TPSA) is 38.5 Å². The molecule has 1 aromatic rings. The number of nitrogen functional groups attached to an aromatic ring is 1. The summed E-state index contributed by atoms with van der Waals surface area (Å²) in [6.45, 7) is 8.05. The van der Waals surface area contributed by atoms with Crippen LogP contribution in [-0.4, -0.2) is 31.1 Å². The van der Waals surface area contributed by atoms with Gasteiger partial charge < -0.3 is 15.4 Å². The molecular formula is C12H19BrN2O. The zero-order valence-electron chi connectivity index (χ0n) is 9.87. The van der Waals surface area contributed by atoms with Gasteiger partial charge in [0.1, 0.15) is 12.4 Å². The van der Waals surface area contributed by atoms with Gasteiger partial charge in [0.15, 0.2) is 0 Å². The van der Waals surface area contributed by atoms with Crippen molar-refractivity contribution in [1.82, 2.24) is 4.90 Å². The second-order valence-electron chi connectivity index (χ2n) is 3.60. The minimum atomic E-state index is 0.692. The number of likely N-dealkylation sites (N-methyl/N-ethyl adjacent to an activating group) is 1. The standard InChI is InChI=1S/C12H19BrN2O/c1-3-15(4-2)5-6-16-12-8-10(13)7-11(14)9-12/h7-9H,3-6,14H2,1-2H3. The van der Waals surface area contributed by atoms with E-state index in [2.05, 4.69) is 34.7 Å². The summed E-state index contributed by atoms with van der Waals surface area (Å²) in [5.74, 6) is 0.819. The fourth-order valence-corrected chi connectivity index (χ4v) is 1.99. The Balaban J connectivity index is 2.42. The predicted octanol–water partition coefficient (Wildman–Crippen LogP) is 2.75. The van der Waals surface area contributed by atoms with Gasteiger partial charge >= 0.3 is 0 Å². The molecule has 0 amide bonds. The van der Waals surface area contributed by atoms with Gasteiger partial charge in [0, 0.05) is 22.8 Å². The maximum absolute atomic E-state index is 5.72. The van der Waals surface area contributed by atoms with Gasteiger partial charge in [0.05, 0.1) is 0 Å². The number of rotatable bonds is 6. The number of nitrogens with zero attached hydrogens (tertiary/aromatic N) is 1. The summed E-state index contributed by atoms with van der Waals surface area (Å²) in [4.78, 5) is 2.32. The Hall–Kier alpha value is -0.740. The number of halogens is 1. The van der Waals surface area contributed by atoms with Crippen LogP contribution in [0.4, 0.5) is 5.69 Å². The van der Waals surface area contributed by atoms with E-state index >= 15 is 0 Å². The molecule has 0 aliphatic rings. The maximum Gasteiger partial charge on any atom is 0.122 e. The lowest BCUT2D eigenvalue weighted by Gasteiger charge is -2.18. The van der Waals surface area contributed by atoms with Crippen molar-refractivity contribution in [3.05, 3.63) is 22.7 Å². The van der Waals surface area contributed by atoms with Gasteiger partial charge in [0.2, 0.25) is 0 Å². The number of hydrogen-bond acceptors (Lipinski definition) is 3. The molecular weight excluding hydrogens is 268 g/mol. The van der Waals surface area contributed by atoms with Gasteiger partial charge in [-0.15, -0.1) is 0 Å². The summed E-state index contributed by atoms with van der Waals surface area (Å²) in [6.07, 6.45) is 0. The highest BCUT2D eigenvalue weighted by Gasteiger charge is 2.01. The van der Waals surface area contributed by atoms with E-state index in [0.29, 0.717) is 12.3 Å². The first kappa shape index (κ1) is 13.3. The third kappa shape index (κ3) is 4.41. The molecule has 16 heavy (non-hydrogen) atoms. The molecule has 2 N–H and O–H groups in total. The van der Waals surface area contributed by atoms with Gasteiger partial charge in [-0.25, -0.2) is 0 Å². The third-order valence-electron chi connectivity index (χ3n) is 2.46. The van der Waals surface area contributed by atoms with Crippen molar-refractivity contribution in [3.8, 4) is 5.75 Å². The lowest BCUT2D eigenvalue weighted by atomic mass is 10.3. The highest BCUT2D eigenvalue weighted by atomic mass is 79.9. The Kier molecular flexibility index (Phi) is 5.63. The molecule has 0 atom stereocenters. The molecule has 0 heterocycles. The van der Waals surface area contributed by atoms with Crippen LogP contribution in [0, 0.1) is 0 Å². The first-order valence-corrected chi connectivity index (χ1v) is 6.36. The van der Waals surface area contributed by atoms with Crippen molar-refractivity contribution in [2.75, 3.05) is 32.0 Å². The minimum Gasteiger partial charge on any atom is -0.492 e. The van der Waals surface area contributed by atoms with Gasteiger partial charge in [-0.2, -0.15) is 0 Å². The molecule has 0 bridgehead atoms. The number of anilines is 1.